The summed E-state index contributed by atoms with van der Waals surface area (Å²) in [6.45, 7) is 2.63. The first-order valence-corrected chi connectivity index (χ1v) is 15.3. The van der Waals surface area contributed by atoms with Gasteiger partial charge in [-0.1, -0.05) is 78.9 Å². The number of carbonyl (C=O) groups excluding carboxylic acids is 1. The number of ether oxygens (including phenoxy) is 1. The molecule has 2 atom stereocenters. The highest BCUT2D eigenvalue weighted by Crippen LogP contribution is 2.48. The summed E-state index contributed by atoms with van der Waals surface area (Å²) in [5, 5.41) is 10.9. The fourth-order valence-corrected chi connectivity index (χ4v) is 5.62. The zero-order chi connectivity index (χ0) is 28.3. The minimum absolute atomic E-state index is 0.162. The van der Waals surface area contributed by atoms with E-state index in [4.69, 9.17) is 9.57 Å². The minimum Gasteiger partial charge on any atom is -0.407 e. The maximum absolute atomic E-state index is 12.6. The molecule has 1 heterocycles. The van der Waals surface area contributed by atoms with Crippen LogP contribution in [0, 0.1) is 0 Å². The van der Waals surface area contributed by atoms with Crippen LogP contribution in [0.3, 0.4) is 0 Å². The Kier molecular flexibility index (Phi) is 8.09. The Morgan fingerprint density at radius 2 is 1.62 bits per heavy atom. The number of nitrogens with one attached hydrogen (secondary N) is 2. The summed E-state index contributed by atoms with van der Waals surface area (Å²) in [6, 6.07) is 25.4. The van der Waals surface area contributed by atoms with Crippen molar-refractivity contribution in [3.63, 3.8) is 0 Å². The third-order valence-corrected chi connectivity index (χ3v) is 8.02. The molecule has 3 aromatic carbocycles. The smallest absolute Gasteiger partial charge is 0.244 e. The van der Waals surface area contributed by atoms with Crippen LogP contribution in [0.25, 0.3) is 16.9 Å². The van der Waals surface area contributed by atoms with E-state index in [2.05, 4.69) is 22.3 Å². The second kappa shape index (κ2) is 11.5. The average molecular weight is 563 g/mol. The van der Waals surface area contributed by atoms with Gasteiger partial charge >= 0.3 is 0 Å². The molecule has 0 radical (unpaired) electrons. The SMILES string of the molecule is CC1NOC(c2ccc(-c3ccc(C4(C(=O)NS(C)(=O)=O)CC4)cc3)cc2)=C1C(O)COCCc1ccccc1. The predicted octanol–water partition coefficient (Wildman–Crippen LogP) is 3.72. The largest absolute Gasteiger partial charge is 0.407 e. The first kappa shape index (κ1) is 28.0. The third kappa shape index (κ3) is 6.28. The molecule has 40 heavy (non-hydrogen) atoms. The van der Waals surface area contributed by atoms with E-state index >= 15 is 0 Å². The number of hydroxylamine groups is 1. The molecule has 3 aromatic rings. The van der Waals surface area contributed by atoms with E-state index < -0.39 is 27.4 Å². The molecule has 1 aliphatic heterocycles. The standard InChI is InChI=1S/C31H34N2O6S/c1-21-28(27(34)20-38-19-16-22-6-4-3-5-7-22)29(39-32-21)25-10-8-23(9-11-25)24-12-14-26(15-13-24)31(17-18-31)30(35)33-40(2,36)37/h3-15,21,27,32,34H,16-20H2,1-2H3,(H,33,35). The third-order valence-electron chi connectivity index (χ3n) is 7.46. The summed E-state index contributed by atoms with van der Waals surface area (Å²) >= 11 is 0. The van der Waals surface area contributed by atoms with Crippen LogP contribution in [-0.4, -0.2) is 51.0 Å². The molecule has 1 amide bonds. The first-order valence-electron chi connectivity index (χ1n) is 13.4. The Balaban J connectivity index is 1.25. The molecular formula is C31H34N2O6S. The second-order valence-electron chi connectivity index (χ2n) is 10.5. The summed E-state index contributed by atoms with van der Waals surface area (Å²) in [5.41, 5.74) is 7.71. The van der Waals surface area contributed by atoms with Gasteiger partial charge in [0.1, 0.15) is 6.10 Å². The number of sulfonamides is 1. The van der Waals surface area contributed by atoms with E-state index in [1.807, 2.05) is 73.7 Å². The van der Waals surface area contributed by atoms with Crippen LogP contribution in [0.2, 0.25) is 0 Å². The van der Waals surface area contributed by atoms with E-state index in [0.717, 1.165) is 40.5 Å². The van der Waals surface area contributed by atoms with Crippen LogP contribution in [0.15, 0.2) is 84.4 Å². The van der Waals surface area contributed by atoms with Crippen molar-refractivity contribution in [1.82, 2.24) is 10.2 Å². The number of hydrogen-bond donors (Lipinski definition) is 3. The number of benzene rings is 3. The summed E-state index contributed by atoms with van der Waals surface area (Å²) in [7, 11) is -3.61. The van der Waals surface area contributed by atoms with Gasteiger partial charge in [0.05, 0.1) is 30.9 Å². The van der Waals surface area contributed by atoms with E-state index in [9.17, 15) is 18.3 Å². The second-order valence-corrected chi connectivity index (χ2v) is 12.2. The van der Waals surface area contributed by atoms with Crippen LogP contribution in [-0.2, 0) is 36.2 Å². The van der Waals surface area contributed by atoms with Gasteiger partial charge in [0.25, 0.3) is 0 Å². The molecule has 210 valence electrons. The van der Waals surface area contributed by atoms with Gasteiger partial charge in [0.15, 0.2) is 5.76 Å². The first-order chi connectivity index (χ1) is 19.2. The fraction of sp³-hybridized carbons (Fsp3) is 0.323. The molecule has 9 heteroatoms. The average Bonchev–Trinajstić information content (AvgIpc) is 3.67. The van der Waals surface area contributed by atoms with Crippen molar-refractivity contribution in [3.05, 3.63) is 101 Å². The van der Waals surface area contributed by atoms with Gasteiger partial charge < -0.3 is 14.7 Å². The molecule has 0 aromatic heterocycles. The van der Waals surface area contributed by atoms with Crippen LogP contribution >= 0.6 is 0 Å². The maximum atomic E-state index is 12.6. The van der Waals surface area contributed by atoms with Crippen molar-refractivity contribution >= 4 is 21.7 Å². The van der Waals surface area contributed by atoms with Crippen molar-refractivity contribution in [2.24, 2.45) is 0 Å². The monoisotopic (exact) mass is 562 g/mol. The van der Waals surface area contributed by atoms with Crippen LogP contribution in [0.1, 0.15) is 36.5 Å². The van der Waals surface area contributed by atoms with E-state index in [1.165, 1.54) is 5.56 Å². The van der Waals surface area contributed by atoms with E-state index in [1.54, 1.807) is 0 Å². The molecule has 1 saturated carbocycles. The van der Waals surface area contributed by atoms with Crippen molar-refractivity contribution in [1.29, 1.82) is 0 Å². The van der Waals surface area contributed by atoms with Gasteiger partial charge in [-0.3, -0.25) is 9.52 Å². The van der Waals surface area contributed by atoms with Crippen LogP contribution in [0.5, 0.6) is 0 Å². The highest BCUT2D eigenvalue weighted by Gasteiger charge is 2.52. The molecule has 0 saturated heterocycles. The fourth-order valence-electron chi connectivity index (χ4n) is 5.08. The lowest BCUT2D eigenvalue weighted by atomic mass is 9.92. The number of rotatable bonds is 11. The molecule has 2 unspecified atom stereocenters. The minimum atomic E-state index is -3.61. The van der Waals surface area contributed by atoms with Gasteiger partial charge in [-0.15, -0.1) is 5.48 Å². The Bertz CT molecular complexity index is 1480. The number of hydrogen-bond acceptors (Lipinski definition) is 7. The molecule has 8 nitrogen and oxygen atoms in total. The normalized spacial score (nSPS) is 18.7. The Labute approximate surface area is 235 Å². The van der Waals surface area contributed by atoms with Gasteiger partial charge in [0, 0.05) is 11.1 Å². The lowest BCUT2D eigenvalue weighted by Crippen LogP contribution is -2.38. The van der Waals surface area contributed by atoms with E-state index in [-0.39, 0.29) is 12.6 Å². The molecule has 1 fully saturated rings. The molecule has 0 bridgehead atoms. The molecule has 2 aliphatic rings. The van der Waals surface area contributed by atoms with Gasteiger partial charge in [-0.2, -0.15) is 0 Å². The quantitative estimate of drug-likeness (QED) is 0.305. The Morgan fingerprint density at radius 1 is 1.02 bits per heavy atom. The van der Waals surface area contributed by atoms with E-state index in [0.29, 0.717) is 25.2 Å². The molecule has 1 aliphatic carbocycles. The number of aliphatic hydroxyl groups excluding tert-OH is 1. The summed E-state index contributed by atoms with van der Waals surface area (Å²) < 4.78 is 30.9. The summed E-state index contributed by atoms with van der Waals surface area (Å²) in [5.74, 6) is 0.125. The zero-order valence-corrected chi connectivity index (χ0v) is 23.4. The molecule has 5 rings (SSSR count). The lowest BCUT2D eigenvalue weighted by Gasteiger charge is -2.16. The van der Waals surface area contributed by atoms with Crippen molar-refractivity contribution in [2.75, 3.05) is 19.5 Å². The molecular weight excluding hydrogens is 528 g/mol. The Hall–Kier alpha value is -3.50. The number of aliphatic hydroxyl groups is 1. The van der Waals surface area contributed by atoms with Gasteiger partial charge in [-0.25, -0.2) is 8.42 Å². The summed E-state index contributed by atoms with van der Waals surface area (Å²) in [6.07, 6.45) is 2.20. The highest BCUT2D eigenvalue weighted by atomic mass is 32.2. The maximum Gasteiger partial charge on any atom is 0.244 e. The molecule has 3 N–H and O–H groups in total. The lowest BCUT2D eigenvalue weighted by molar-refractivity contribution is -0.121. The number of amides is 1. The van der Waals surface area contributed by atoms with Crippen molar-refractivity contribution < 1.29 is 27.9 Å². The van der Waals surface area contributed by atoms with Crippen molar-refractivity contribution in [2.45, 2.75) is 43.7 Å². The number of carbonyl (C=O) groups is 1. The zero-order valence-electron chi connectivity index (χ0n) is 22.6. The van der Waals surface area contributed by atoms with Crippen LogP contribution < -0.4 is 10.2 Å². The van der Waals surface area contributed by atoms with Crippen molar-refractivity contribution in [3.8, 4) is 11.1 Å². The van der Waals surface area contributed by atoms with Gasteiger partial charge in [0.2, 0.25) is 15.9 Å². The Morgan fingerprint density at radius 3 is 2.23 bits per heavy atom. The predicted molar refractivity (Wildman–Crippen MR) is 153 cm³/mol. The molecule has 0 spiro atoms. The highest BCUT2D eigenvalue weighted by molar-refractivity contribution is 7.89. The van der Waals surface area contributed by atoms with Gasteiger partial charge in [-0.05, 0) is 48.4 Å². The summed E-state index contributed by atoms with van der Waals surface area (Å²) in [4.78, 5) is 18.3. The topological polar surface area (TPSA) is 114 Å². The van der Waals surface area contributed by atoms with Crippen LogP contribution in [0.4, 0.5) is 0 Å².